The van der Waals surface area contributed by atoms with Crippen LogP contribution in [0.1, 0.15) is 29.9 Å². The number of H-pyrrole nitrogens is 1. The number of rotatable bonds is 3. The van der Waals surface area contributed by atoms with E-state index in [0.717, 1.165) is 11.3 Å². The van der Waals surface area contributed by atoms with Crippen molar-refractivity contribution >= 4 is 10.9 Å². The zero-order valence-corrected chi connectivity index (χ0v) is 15.6. The molecule has 4 rings (SSSR count). The van der Waals surface area contributed by atoms with Gasteiger partial charge in [0.25, 0.3) is 5.56 Å². The summed E-state index contributed by atoms with van der Waals surface area (Å²) in [4.78, 5) is 18.4. The Morgan fingerprint density at radius 3 is 2.64 bits per heavy atom. The van der Waals surface area contributed by atoms with E-state index < -0.39 is 0 Å². The first kappa shape index (κ1) is 17.7. The maximum atomic E-state index is 13.6. The highest BCUT2D eigenvalue weighted by Crippen LogP contribution is 2.19. The summed E-state index contributed by atoms with van der Waals surface area (Å²) in [7, 11) is 1.85. The molecule has 2 aromatic carbocycles. The van der Waals surface area contributed by atoms with Gasteiger partial charge in [-0.2, -0.15) is 5.10 Å². The Balaban J connectivity index is 2.02. The second-order valence-corrected chi connectivity index (χ2v) is 6.39. The number of nitrogens with one attached hydrogen (secondary N) is 2. The summed E-state index contributed by atoms with van der Waals surface area (Å²) >= 11 is 0. The molecule has 2 N–H and O–H groups in total. The number of benzene rings is 2. The molecule has 4 aromatic rings. The molecule has 0 saturated heterocycles. The lowest BCUT2D eigenvalue weighted by atomic mass is 10.1. The van der Waals surface area contributed by atoms with Crippen LogP contribution in [0.2, 0.25) is 0 Å². The molecule has 0 fully saturated rings. The van der Waals surface area contributed by atoms with Crippen molar-refractivity contribution in [2.45, 2.75) is 13.0 Å². The quantitative estimate of drug-likeness (QED) is 0.545. The van der Waals surface area contributed by atoms with Crippen LogP contribution in [0.15, 0.2) is 65.7 Å². The van der Waals surface area contributed by atoms with Crippen LogP contribution in [-0.2, 0) is 0 Å². The van der Waals surface area contributed by atoms with Crippen molar-refractivity contribution < 1.29 is 0 Å². The van der Waals surface area contributed by atoms with E-state index in [4.69, 9.17) is 4.98 Å². The highest BCUT2D eigenvalue weighted by atomic mass is 16.1. The molecule has 0 aliphatic rings. The minimum absolute atomic E-state index is 0.0991. The van der Waals surface area contributed by atoms with Gasteiger partial charge in [0.2, 0.25) is 0 Å². The summed E-state index contributed by atoms with van der Waals surface area (Å²) in [6.07, 6.45) is 3.36. The summed E-state index contributed by atoms with van der Waals surface area (Å²) in [6.45, 7) is 1.98. The first-order valence-electron chi connectivity index (χ1n) is 8.98. The van der Waals surface area contributed by atoms with Crippen LogP contribution in [-0.4, -0.2) is 26.8 Å². The van der Waals surface area contributed by atoms with Gasteiger partial charge in [0.15, 0.2) is 0 Å². The predicted octanol–water partition coefficient (Wildman–Crippen LogP) is 2.79. The van der Waals surface area contributed by atoms with Gasteiger partial charge in [-0.1, -0.05) is 36.1 Å². The minimum atomic E-state index is -0.134. The Morgan fingerprint density at radius 2 is 1.93 bits per heavy atom. The molecule has 0 aliphatic heterocycles. The predicted molar refractivity (Wildman–Crippen MR) is 109 cm³/mol. The van der Waals surface area contributed by atoms with E-state index >= 15 is 0 Å². The van der Waals surface area contributed by atoms with E-state index in [1.165, 1.54) is 0 Å². The van der Waals surface area contributed by atoms with Gasteiger partial charge in [0.05, 0.1) is 34.4 Å². The van der Waals surface area contributed by atoms with Gasteiger partial charge in [-0.05, 0) is 38.2 Å². The first-order chi connectivity index (χ1) is 13.7. The Kier molecular flexibility index (Phi) is 4.75. The Labute approximate surface area is 162 Å². The van der Waals surface area contributed by atoms with Gasteiger partial charge in [0.1, 0.15) is 5.82 Å². The lowest BCUT2D eigenvalue weighted by Gasteiger charge is -2.18. The average molecular weight is 369 g/mol. The lowest BCUT2D eigenvalue weighted by Crippen LogP contribution is -2.29. The second kappa shape index (κ2) is 7.51. The molecule has 0 aliphatic carbocycles. The second-order valence-electron chi connectivity index (χ2n) is 6.39. The van der Waals surface area contributed by atoms with Crippen molar-refractivity contribution in [3.8, 4) is 17.5 Å². The third kappa shape index (κ3) is 3.20. The van der Waals surface area contributed by atoms with Crippen LogP contribution in [0, 0.1) is 11.8 Å². The molecule has 6 nitrogen and oxygen atoms in total. The number of aromatic amines is 1. The molecule has 0 spiro atoms. The summed E-state index contributed by atoms with van der Waals surface area (Å²) in [6, 6.07) is 15.0. The maximum Gasteiger partial charge on any atom is 0.267 e. The normalized spacial score (nSPS) is 11.8. The largest absolute Gasteiger partial charge is 0.311 e. The highest BCUT2D eigenvalue weighted by molar-refractivity contribution is 5.85. The van der Waals surface area contributed by atoms with Crippen molar-refractivity contribution in [1.82, 2.24) is 25.1 Å². The van der Waals surface area contributed by atoms with Crippen LogP contribution in [0.4, 0.5) is 0 Å². The fourth-order valence-electron chi connectivity index (χ4n) is 3.06. The molecule has 1 unspecified atom stereocenters. The third-order valence-electron chi connectivity index (χ3n) is 4.60. The summed E-state index contributed by atoms with van der Waals surface area (Å²) in [5, 5.41) is 10.3. The number of nitrogens with zero attached hydrogens (tertiary/aromatic N) is 3. The molecule has 6 heteroatoms. The summed E-state index contributed by atoms with van der Waals surface area (Å²) in [5.74, 6) is 6.79. The number of para-hydroxylation sites is 1. The van der Waals surface area contributed by atoms with E-state index in [2.05, 4.69) is 27.4 Å². The smallest absolute Gasteiger partial charge is 0.267 e. The summed E-state index contributed by atoms with van der Waals surface area (Å²) in [5.41, 5.74) is 2.67. The van der Waals surface area contributed by atoms with E-state index in [9.17, 15) is 4.79 Å². The Bertz CT molecular complexity index is 1230. The third-order valence-corrected chi connectivity index (χ3v) is 4.60. The number of fused-ring (bicyclic) bond motifs is 1. The van der Waals surface area contributed by atoms with Crippen LogP contribution in [0.5, 0.6) is 0 Å². The van der Waals surface area contributed by atoms with E-state index in [0.29, 0.717) is 22.3 Å². The highest BCUT2D eigenvalue weighted by Gasteiger charge is 2.18. The van der Waals surface area contributed by atoms with Crippen molar-refractivity contribution in [3.63, 3.8) is 0 Å². The van der Waals surface area contributed by atoms with Crippen molar-refractivity contribution in [2.75, 3.05) is 7.05 Å². The zero-order valence-electron chi connectivity index (χ0n) is 15.6. The SMILES string of the molecule is CNC(C)c1nc2cccc(C#Cc3cn[nH]c3)c2c(=O)n1-c1ccccc1. The molecular formula is C22H19N5O. The van der Waals surface area contributed by atoms with Crippen LogP contribution < -0.4 is 10.9 Å². The zero-order chi connectivity index (χ0) is 19.5. The van der Waals surface area contributed by atoms with Crippen LogP contribution in [0.25, 0.3) is 16.6 Å². The van der Waals surface area contributed by atoms with Crippen molar-refractivity contribution in [1.29, 1.82) is 0 Å². The van der Waals surface area contributed by atoms with E-state index in [1.54, 1.807) is 17.0 Å². The van der Waals surface area contributed by atoms with Crippen molar-refractivity contribution in [2.24, 2.45) is 0 Å². The number of hydrogen-bond donors (Lipinski definition) is 2. The molecular weight excluding hydrogens is 350 g/mol. The van der Waals surface area contributed by atoms with E-state index in [-0.39, 0.29) is 11.6 Å². The van der Waals surface area contributed by atoms with Gasteiger partial charge in [-0.15, -0.1) is 0 Å². The van der Waals surface area contributed by atoms with E-state index in [1.807, 2.05) is 62.5 Å². The maximum absolute atomic E-state index is 13.6. The Hall–Kier alpha value is -3.69. The van der Waals surface area contributed by atoms with Gasteiger partial charge in [-0.25, -0.2) is 4.98 Å². The molecule has 138 valence electrons. The van der Waals surface area contributed by atoms with Crippen LogP contribution >= 0.6 is 0 Å². The lowest BCUT2D eigenvalue weighted by molar-refractivity contribution is 0.589. The van der Waals surface area contributed by atoms with Gasteiger partial charge in [-0.3, -0.25) is 14.5 Å². The summed E-state index contributed by atoms with van der Waals surface area (Å²) < 4.78 is 1.66. The topological polar surface area (TPSA) is 75.6 Å². The fourth-order valence-corrected chi connectivity index (χ4v) is 3.06. The molecule has 2 aromatic heterocycles. The van der Waals surface area contributed by atoms with Gasteiger partial charge in [0, 0.05) is 11.8 Å². The van der Waals surface area contributed by atoms with Crippen LogP contribution in [0.3, 0.4) is 0 Å². The first-order valence-corrected chi connectivity index (χ1v) is 8.98. The monoisotopic (exact) mass is 369 g/mol. The number of hydrogen-bond acceptors (Lipinski definition) is 4. The molecule has 2 heterocycles. The van der Waals surface area contributed by atoms with Gasteiger partial charge >= 0.3 is 0 Å². The molecule has 0 bridgehead atoms. The molecule has 0 saturated carbocycles. The average Bonchev–Trinajstić information content (AvgIpc) is 3.25. The number of aromatic nitrogens is 4. The standard InChI is InChI=1S/C22H19N5O/c1-15(23-2)21-26-19-10-6-7-17(12-11-16-13-24-25-14-16)20(19)22(28)27(21)18-8-4-3-5-9-18/h3-10,13-15,23H,1-2H3,(H,24,25). The minimum Gasteiger partial charge on any atom is -0.311 e. The van der Waals surface area contributed by atoms with Crippen molar-refractivity contribution in [3.05, 3.63) is 88.2 Å². The molecule has 28 heavy (non-hydrogen) atoms. The fraction of sp³-hybridized carbons (Fsp3) is 0.136. The molecule has 1 atom stereocenters. The molecule has 0 amide bonds. The molecule has 0 radical (unpaired) electrons. The van der Waals surface area contributed by atoms with Gasteiger partial charge < -0.3 is 5.32 Å². The Morgan fingerprint density at radius 1 is 1.11 bits per heavy atom.